The van der Waals surface area contributed by atoms with Crippen LogP contribution in [0.2, 0.25) is 0 Å². The highest BCUT2D eigenvalue weighted by Gasteiger charge is 2.23. The van der Waals surface area contributed by atoms with Gasteiger partial charge in [0.25, 0.3) is 0 Å². The van der Waals surface area contributed by atoms with Crippen LogP contribution in [0.5, 0.6) is 0 Å². The van der Waals surface area contributed by atoms with Crippen LogP contribution in [0.15, 0.2) is 28.7 Å². The lowest BCUT2D eigenvalue weighted by Gasteiger charge is -2.37. The number of piperazine rings is 1. The Morgan fingerprint density at radius 1 is 1.33 bits per heavy atom. The Morgan fingerprint density at radius 3 is 2.61 bits per heavy atom. The van der Waals surface area contributed by atoms with E-state index in [0.717, 1.165) is 29.7 Å². The fourth-order valence-electron chi connectivity index (χ4n) is 2.16. The van der Waals surface area contributed by atoms with Crippen molar-refractivity contribution in [3.8, 4) is 0 Å². The van der Waals surface area contributed by atoms with Crippen molar-refractivity contribution in [3.05, 3.63) is 34.3 Å². The molecule has 98 valence electrons. The number of benzene rings is 1. The minimum absolute atomic E-state index is 0.234. The average Bonchev–Trinajstić information content (AvgIpc) is 2.35. The van der Waals surface area contributed by atoms with E-state index >= 15 is 0 Å². The molecule has 0 saturated carbocycles. The molecule has 1 saturated heterocycles. The largest absolute Gasteiger partial charge is 0.340 e. The second kappa shape index (κ2) is 5.85. The molecule has 4 heteroatoms. The second-order valence-corrected chi connectivity index (χ2v) is 5.89. The van der Waals surface area contributed by atoms with Gasteiger partial charge in [-0.1, -0.05) is 28.1 Å². The van der Waals surface area contributed by atoms with Gasteiger partial charge in [0.1, 0.15) is 0 Å². The molecule has 2 rings (SSSR count). The molecule has 1 amide bonds. The highest BCUT2D eigenvalue weighted by molar-refractivity contribution is 9.10. The summed E-state index contributed by atoms with van der Waals surface area (Å²) in [5, 5.41) is 0. The first-order valence-electron chi connectivity index (χ1n) is 6.28. The highest BCUT2D eigenvalue weighted by Crippen LogP contribution is 2.13. The van der Waals surface area contributed by atoms with Gasteiger partial charge in [-0.15, -0.1) is 0 Å². The zero-order chi connectivity index (χ0) is 13.1. The van der Waals surface area contributed by atoms with Crippen molar-refractivity contribution in [1.82, 2.24) is 9.80 Å². The SMILES string of the molecule is CC1CN(C(=O)Cc2ccc(Br)cc2)CCN1C. The van der Waals surface area contributed by atoms with Gasteiger partial charge in [0.15, 0.2) is 0 Å². The van der Waals surface area contributed by atoms with Crippen molar-refractivity contribution in [2.24, 2.45) is 0 Å². The third kappa shape index (κ3) is 3.33. The van der Waals surface area contributed by atoms with Crippen LogP contribution in [0.4, 0.5) is 0 Å². The predicted molar refractivity (Wildman–Crippen MR) is 76.5 cm³/mol. The van der Waals surface area contributed by atoms with Crippen molar-refractivity contribution in [2.75, 3.05) is 26.7 Å². The molecule has 1 unspecified atom stereocenters. The van der Waals surface area contributed by atoms with Crippen molar-refractivity contribution in [2.45, 2.75) is 19.4 Å². The molecule has 0 aromatic heterocycles. The first-order valence-corrected chi connectivity index (χ1v) is 7.08. The number of carbonyl (C=O) groups is 1. The summed E-state index contributed by atoms with van der Waals surface area (Å²) in [5.41, 5.74) is 1.08. The van der Waals surface area contributed by atoms with Crippen LogP contribution in [0.25, 0.3) is 0 Å². The molecular formula is C14H19BrN2O. The van der Waals surface area contributed by atoms with E-state index < -0.39 is 0 Å². The topological polar surface area (TPSA) is 23.6 Å². The second-order valence-electron chi connectivity index (χ2n) is 4.97. The number of halogens is 1. The van der Waals surface area contributed by atoms with Gasteiger partial charge in [0.2, 0.25) is 5.91 Å². The first-order chi connectivity index (χ1) is 8.56. The van der Waals surface area contributed by atoms with Gasteiger partial charge in [-0.25, -0.2) is 0 Å². The van der Waals surface area contributed by atoms with Gasteiger partial charge < -0.3 is 9.80 Å². The van der Waals surface area contributed by atoms with E-state index in [2.05, 4.69) is 34.8 Å². The van der Waals surface area contributed by atoms with Gasteiger partial charge in [-0.2, -0.15) is 0 Å². The minimum Gasteiger partial charge on any atom is -0.340 e. The Balaban J connectivity index is 1.94. The van der Waals surface area contributed by atoms with Crippen LogP contribution in [0.1, 0.15) is 12.5 Å². The molecule has 1 heterocycles. The standard InChI is InChI=1S/C14H19BrN2O/c1-11-10-17(8-7-16(11)2)14(18)9-12-3-5-13(15)6-4-12/h3-6,11H,7-10H2,1-2H3. The number of rotatable bonds is 2. The molecule has 1 aliphatic rings. The average molecular weight is 311 g/mol. The summed E-state index contributed by atoms with van der Waals surface area (Å²) in [6, 6.07) is 8.42. The van der Waals surface area contributed by atoms with Crippen LogP contribution in [-0.2, 0) is 11.2 Å². The van der Waals surface area contributed by atoms with Crippen LogP contribution in [0.3, 0.4) is 0 Å². The van der Waals surface area contributed by atoms with Crippen LogP contribution in [-0.4, -0.2) is 48.4 Å². The summed E-state index contributed by atoms with van der Waals surface area (Å²) in [7, 11) is 2.11. The highest BCUT2D eigenvalue weighted by atomic mass is 79.9. The van der Waals surface area contributed by atoms with Gasteiger partial charge >= 0.3 is 0 Å². The number of nitrogens with zero attached hydrogens (tertiary/aromatic N) is 2. The maximum atomic E-state index is 12.2. The zero-order valence-electron chi connectivity index (χ0n) is 10.9. The number of hydrogen-bond donors (Lipinski definition) is 0. The molecule has 0 bridgehead atoms. The molecule has 0 N–H and O–H groups in total. The third-order valence-corrected chi connectivity index (χ3v) is 4.11. The monoisotopic (exact) mass is 310 g/mol. The number of likely N-dealkylation sites (N-methyl/N-ethyl adjacent to an activating group) is 1. The summed E-state index contributed by atoms with van der Waals surface area (Å²) in [6.45, 7) is 4.81. The number of hydrogen-bond acceptors (Lipinski definition) is 2. The van der Waals surface area contributed by atoms with E-state index in [9.17, 15) is 4.79 Å². The van der Waals surface area contributed by atoms with E-state index in [1.54, 1.807) is 0 Å². The predicted octanol–water partition coefficient (Wildman–Crippen LogP) is 2.15. The lowest BCUT2D eigenvalue weighted by molar-refractivity contribution is -0.133. The van der Waals surface area contributed by atoms with Gasteiger partial charge in [-0.05, 0) is 31.7 Å². The zero-order valence-corrected chi connectivity index (χ0v) is 12.5. The molecule has 1 aliphatic heterocycles. The van der Waals surface area contributed by atoms with Gasteiger partial charge in [-0.3, -0.25) is 4.79 Å². The molecule has 0 spiro atoms. The van der Waals surface area contributed by atoms with Crippen molar-refractivity contribution in [3.63, 3.8) is 0 Å². The first kappa shape index (κ1) is 13.6. The molecule has 1 aromatic carbocycles. The van der Waals surface area contributed by atoms with E-state index in [1.165, 1.54) is 0 Å². The number of amides is 1. The lowest BCUT2D eigenvalue weighted by Crippen LogP contribution is -2.52. The Morgan fingerprint density at radius 2 is 2.00 bits per heavy atom. The van der Waals surface area contributed by atoms with Crippen LogP contribution < -0.4 is 0 Å². The Kier molecular flexibility index (Phi) is 4.40. The van der Waals surface area contributed by atoms with E-state index in [4.69, 9.17) is 0 Å². The molecule has 1 aromatic rings. The maximum absolute atomic E-state index is 12.2. The third-order valence-electron chi connectivity index (χ3n) is 3.58. The lowest BCUT2D eigenvalue weighted by atomic mass is 10.1. The summed E-state index contributed by atoms with van der Waals surface area (Å²) >= 11 is 3.40. The van der Waals surface area contributed by atoms with Gasteiger partial charge in [0, 0.05) is 30.1 Å². The van der Waals surface area contributed by atoms with Gasteiger partial charge in [0.05, 0.1) is 6.42 Å². The Labute approximate surface area is 117 Å². The van der Waals surface area contributed by atoms with Crippen LogP contribution in [0, 0.1) is 0 Å². The fraction of sp³-hybridized carbons (Fsp3) is 0.500. The fourth-order valence-corrected chi connectivity index (χ4v) is 2.43. The summed E-state index contributed by atoms with van der Waals surface area (Å²) < 4.78 is 1.05. The molecule has 3 nitrogen and oxygen atoms in total. The van der Waals surface area contributed by atoms with E-state index in [0.29, 0.717) is 12.5 Å². The smallest absolute Gasteiger partial charge is 0.227 e. The molecule has 18 heavy (non-hydrogen) atoms. The normalized spacial score (nSPS) is 21.1. The maximum Gasteiger partial charge on any atom is 0.227 e. The van der Waals surface area contributed by atoms with E-state index in [-0.39, 0.29) is 5.91 Å². The molecule has 1 fully saturated rings. The van der Waals surface area contributed by atoms with Crippen molar-refractivity contribution >= 4 is 21.8 Å². The Bertz CT molecular complexity index is 418. The molecule has 0 radical (unpaired) electrons. The van der Waals surface area contributed by atoms with Crippen LogP contribution >= 0.6 is 15.9 Å². The molecule has 1 atom stereocenters. The van der Waals surface area contributed by atoms with Crippen molar-refractivity contribution in [1.29, 1.82) is 0 Å². The quantitative estimate of drug-likeness (QED) is 0.835. The van der Waals surface area contributed by atoms with E-state index in [1.807, 2.05) is 29.2 Å². The molecule has 0 aliphatic carbocycles. The molecular weight excluding hydrogens is 292 g/mol. The summed E-state index contributed by atoms with van der Waals surface area (Å²) in [5.74, 6) is 0.234. The number of carbonyl (C=O) groups excluding carboxylic acids is 1. The van der Waals surface area contributed by atoms with Crippen molar-refractivity contribution < 1.29 is 4.79 Å². The Hall–Kier alpha value is -0.870. The summed E-state index contributed by atoms with van der Waals surface area (Å²) in [4.78, 5) is 16.5. The summed E-state index contributed by atoms with van der Waals surface area (Å²) in [6.07, 6.45) is 0.504. The minimum atomic E-state index is 0.234.